The number of aromatic nitrogens is 4. The first-order chi connectivity index (χ1) is 24.4. The lowest BCUT2D eigenvalue weighted by molar-refractivity contribution is -0.154. The monoisotopic (exact) mass is 692 g/mol. The number of piperidine rings is 1. The number of hydrogen-bond acceptors (Lipinski definition) is 10. The van der Waals surface area contributed by atoms with Gasteiger partial charge in [-0.25, -0.2) is 24.2 Å². The molecule has 0 aliphatic carbocycles. The van der Waals surface area contributed by atoms with E-state index in [1.165, 1.54) is 21.1 Å². The molecule has 0 atom stereocenters. The van der Waals surface area contributed by atoms with E-state index < -0.39 is 34.9 Å². The van der Waals surface area contributed by atoms with E-state index in [0.717, 1.165) is 11.3 Å². The summed E-state index contributed by atoms with van der Waals surface area (Å²) < 4.78 is 19.2. The second-order valence-electron chi connectivity index (χ2n) is 13.3. The molecule has 1 N–H and O–H groups in total. The standard InChI is InChI=1S/C38H40N6O7/c1-25-30-31(41-34(39-25)40-28-14-10-7-11-15-28)44(38(33(46)49-5)20-22-42(23-21-38)36(48)51-37(2,3)4)35(47)43(30)29-18-16-27(17-19-29)32(45)50-24-26-12-8-6-9-13-26/h6-19H,20-24H2,1-5H3,(H,39,40,41). The van der Waals surface area contributed by atoms with E-state index in [0.29, 0.717) is 22.5 Å². The van der Waals surface area contributed by atoms with Gasteiger partial charge in [0.1, 0.15) is 17.7 Å². The number of nitrogens with zero attached hydrogens (tertiary/aromatic N) is 5. The van der Waals surface area contributed by atoms with Gasteiger partial charge < -0.3 is 24.4 Å². The van der Waals surface area contributed by atoms with Gasteiger partial charge in [0.15, 0.2) is 11.2 Å². The van der Waals surface area contributed by atoms with Crippen molar-refractivity contribution < 1.29 is 28.6 Å². The largest absolute Gasteiger partial charge is 0.467 e. The molecule has 0 unspecified atom stereocenters. The number of para-hydroxylation sites is 1. The van der Waals surface area contributed by atoms with E-state index in [1.54, 1.807) is 52.0 Å². The zero-order chi connectivity index (χ0) is 36.3. The lowest BCUT2D eigenvalue weighted by Crippen LogP contribution is -2.56. The van der Waals surface area contributed by atoms with Gasteiger partial charge in [-0.3, -0.25) is 9.13 Å². The molecule has 2 aromatic heterocycles. The Bertz CT molecular complexity index is 2110. The number of hydrogen-bond donors (Lipinski definition) is 1. The van der Waals surface area contributed by atoms with Crippen molar-refractivity contribution in [3.8, 4) is 5.69 Å². The van der Waals surface area contributed by atoms with E-state index >= 15 is 0 Å². The van der Waals surface area contributed by atoms with Crippen LogP contribution in [0.2, 0.25) is 0 Å². The third-order valence-corrected chi connectivity index (χ3v) is 8.70. The number of esters is 2. The Balaban J connectivity index is 1.43. The molecule has 1 saturated heterocycles. The van der Waals surface area contributed by atoms with Crippen molar-refractivity contribution in [2.75, 3.05) is 25.5 Å². The van der Waals surface area contributed by atoms with Crippen LogP contribution in [0.15, 0.2) is 89.7 Å². The Labute approximate surface area is 294 Å². The predicted octanol–water partition coefficient (Wildman–Crippen LogP) is 5.89. The van der Waals surface area contributed by atoms with Crippen LogP contribution in [0.3, 0.4) is 0 Å². The summed E-state index contributed by atoms with van der Waals surface area (Å²) in [6.07, 6.45) is -0.380. The van der Waals surface area contributed by atoms with E-state index in [9.17, 15) is 19.2 Å². The number of rotatable bonds is 8. The maximum absolute atomic E-state index is 14.7. The number of anilines is 2. The van der Waals surface area contributed by atoms with Crippen molar-refractivity contribution in [3.63, 3.8) is 0 Å². The van der Waals surface area contributed by atoms with Crippen molar-refractivity contribution >= 4 is 40.8 Å². The van der Waals surface area contributed by atoms with Gasteiger partial charge in [0.2, 0.25) is 5.95 Å². The summed E-state index contributed by atoms with van der Waals surface area (Å²) in [5, 5.41) is 3.19. The van der Waals surface area contributed by atoms with Crippen molar-refractivity contribution in [1.82, 2.24) is 24.0 Å². The maximum atomic E-state index is 14.7. The zero-order valence-corrected chi connectivity index (χ0v) is 29.2. The quantitative estimate of drug-likeness (QED) is 0.154. The molecule has 6 rings (SSSR count). The molecule has 13 heteroatoms. The maximum Gasteiger partial charge on any atom is 0.410 e. The highest BCUT2D eigenvalue weighted by Gasteiger charge is 2.48. The minimum absolute atomic E-state index is 0.0641. The first-order valence-corrected chi connectivity index (χ1v) is 16.6. The highest BCUT2D eigenvalue weighted by molar-refractivity contribution is 5.90. The second-order valence-corrected chi connectivity index (χ2v) is 13.3. The molecule has 0 saturated carbocycles. The van der Waals surface area contributed by atoms with Crippen LogP contribution in [0, 0.1) is 6.92 Å². The Hall–Kier alpha value is -5.98. The number of benzene rings is 3. The number of methoxy groups -OCH3 is 1. The van der Waals surface area contributed by atoms with Crippen LogP contribution in [-0.4, -0.2) is 67.8 Å². The van der Waals surface area contributed by atoms with Gasteiger partial charge in [0, 0.05) is 18.8 Å². The SMILES string of the molecule is COC(=O)C1(n2c(=O)n(-c3ccc(C(=O)OCc4ccccc4)cc3)c3c(C)nc(Nc4ccccc4)nc32)CCN(C(=O)OC(C)(C)C)CC1. The highest BCUT2D eigenvalue weighted by Crippen LogP contribution is 2.35. The van der Waals surface area contributed by atoms with Crippen LogP contribution in [0.25, 0.3) is 16.9 Å². The molecule has 0 radical (unpaired) electrons. The minimum Gasteiger partial charge on any atom is -0.467 e. The van der Waals surface area contributed by atoms with Crippen LogP contribution in [-0.2, 0) is 31.2 Å². The van der Waals surface area contributed by atoms with Crippen LogP contribution in [0.4, 0.5) is 16.4 Å². The van der Waals surface area contributed by atoms with Gasteiger partial charge in [-0.05, 0) is 82.5 Å². The number of carbonyl (C=O) groups excluding carboxylic acids is 3. The minimum atomic E-state index is -1.51. The number of likely N-dealkylation sites (tertiary alicyclic amines) is 1. The molecule has 264 valence electrons. The van der Waals surface area contributed by atoms with E-state index in [1.807, 2.05) is 60.7 Å². The number of ether oxygens (including phenoxy) is 3. The van der Waals surface area contributed by atoms with Gasteiger partial charge in [-0.2, -0.15) is 4.98 Å². The summed E-state index contributed by atoms with van der Waals surface area (Å²) in [6, 6.07) is 25.1. The fourth-order valence-electron chi connectivity index (χ4n) is 6.24. The third kappa shape index (κ3) is 7.18. The molecule has 5 aromatic rings. The highest BCUT2D eigenvalue weighted by atomic mass is 16.6. The van der Waals surface area contributed by atoms with Gasteiger partial charge in [-0.1, -0.05) is 48.5 Å². The third-order valence-electron chi connectivity index (χ3n) is 8.70. The predicted molar refractivity (Wildman–Crippen MR) is 190 cm³/mol. The first kappa shape index (κ1) is 34.9. The Kier molecular flexibility index (Phi) is 9.64. The molecule has 1 aliphatic rings. The summed E-state index contributed by atoms with van der Waals surface area (Å²) in [4.78, 5) is 65.5. The molecule has 0 bridgehead atoms. The summed E-state index contributed by atoms with van der Waals surface area (Å²) in [6.45, 7) is 7.48. The lowest BCUT2D eigenvalue weighted by atomic mass is 9.87. The molecule has 51 heavy (non-hydrogen) atoms. The number of imidazole rings is 1. The van der Waals surface area contributed by atoms with Crippen molar-refractivity contribution in [1.29, 1.82) is 0 Å². The van der Waals surface area contributed by atoms with Gasteiger partial charge in [0.05, 0.1) is 24.1 Å². The molecule has 1 fully saturated rings. The fourth-order valence-corrected chi connectivity index (χ4v) is 6.24. The van der Waals surface area contributed by atoms with E-state index in [2.05, 4.69) is 10.3 Å². The molecule has 3 heterocycles. The second kappa shape index (κ2) is 14.1. The number of amides is 1. The molecule has 1 aliphatic heterocycles. The van der Waals surface area contributed by atoms with Gasteiger partial charge in [0.25, 0.3) is 0 Å². The number of carbonyl (C=O) groups is 3. The summed E-state index contributed by atoms with van der Waals surface area (Å²) >= 11 is 0. The van der Waals surface area contributed by atoms with Crippen molar-refractivity contribution in [2.24, 2.45) is 0 Å². The fraction of sp³-hybridized carbons (Fsp3) is 0.316. The molecule has 0 spiro atoms. The first-order valence-electron chi connectivity index (χ1n) is 16.6. The van der Waals surface area contributed by atoms with Gasteiger partial charge >= 0.3 is 23.7 Å². The average molecular weight is 693 g/mol. The molecular formula is C38H40N6O7. The zero-order valence-electron chi connectivity index (χ0n) is 29.2. The Morgan fingerprint density at radius 3 is 2.12 bits per heavy atom. The average Bonchev–Trinajstić information content (AvgIpc) is 3.42. The number of nitrogens with one attached hydrogen (secondary N) is 1. The summed E-state index contributed by atoms with van der Waals surface area (Å²) in [7, 11) is 1.27. The lowest BCUT2D eigenvalue weighted by Gasteiger charge is -2.40. The van der Waals surface area contributed by atoms with E-state index in [4.69, 9.17) is 19.2 Å². The molecule has 1 amide bonds. The van der Waals surface area contributed by atoms with E-state index in [-0.39, 0.29) is 44.1 Å². The smallest absolute Gasteiger partial charge is 0.410 e. The summed E-state index contributed by atoms with van der Waals surface area (Å²) in [5.41, 5.74) is 0.566. The molecule has 13 nitrogen and oxygen atoms in total. The molecular weight excluding hydrogens is 652 g/mol. The normalized spacial score (nSPS) is 14.2. The van der Waals surface area contributed by atoms with Crippen LogP contribution in [0.5, 0.6) is 0 Å². The number of fused-ring (bicyclic) bond motifs is 1. The van der Waals surface area contributed by atoms with Gasteiger partial charge in [-0.15, -0.1) is 0 Å². The van der Waals surface area contributed by atoms with Crippen molar-refractivity contribution in [3.05, 3.63) is 112 Å². The Morgan fingerprint density at radius 2 is 1.51 bits per heavy atom. The van der Waals surface area contributed by atoms with Crippen LogP contribution in [0.1, 0.15) is 55.2 Å². The topological polar surface area (TPSA) is 147 Å². The molecule has 3 aromatic carbocycles. The van der Waals surface area contributed by atoms with Crippen LogP contribution >= 0.6 is 0 Å². The number of aryl methyl sites for hydroxylation is 1. The summed E-state index contributed by atoms with van der Waals surface area (Å²) in [5.74, 6) is -0.935. The van der Waals surface area contributed by atoms with Crippen molar-refractivity contribution in [2.45, 2.75) is 58.3 Å². The van der Waals surface area contributed by atoms with Crippen LogP contribution < -0.4 is 11.0 Å². The Morgan fingerprint density at radius 1 is 0.882 bits per heavy atom.